The zero-order chi connectivity index (χ0) is 4.00. The van der Waals surface area contributed by atoms with Gasteiger partial charge in [0.25, 0.3) is 0 Å². The van der Waals surface area contributed by atoms with Gasteiger partial charge in [-0.2, -0.15) is 0 Å². The topological polar surface area (TPSA) is 40.5 Å². The standard InChI is InChI=1S/2CH4O.Na/c2*1-2;/h2*2H,1H3;. The first kappa shape index (κ1) is 16.8. The fourth-order valence-corrected chi connectivity index (χ4v) is 0. The zero-order valence-electron chi connectivity index (χ0n) is 3.89. The fraction of sp³-hybridized carbons (Fsp3) is 1.00. The monoisotopic (exact) mass is 87.0 g/mol. The van der Waals surface area contributed by atoms with Crippen molar-refractivity contribution in [1.29, 1.82) is 0 Å². The maximum atomic E-state index is 7.00. The second kappa shape index (κ2) is 89.3. The molecule has 0 saturated heterocycles. The van der Waals surface area contributed by atoms with E-state index in [9.17, 15) is 0 Å². The van der Waals surface area contributed by atoms with Gasteiger partial charge in [0.15, 0.2) is 0 Å². The van der Waals surface area contributed by atoms with Gasteiger partial charge in [-0.3, -0.25) is 0 Å². The van der Waals surface area contributed by atoms with Crippen molar-refractivity contribution in [3.63, 3.8) is 0 Å². The van der Waals surface area contributed by atoms with Crippen LogP contribution in [0.1, 0.15) is 0 Å². The molecule has 0 aliphatic heterocycles. The van der Waals surface area contributed by atoms with Gasteiger partial charge in [0.2, 0.25) is 0 Å². The molecule has 0 aliphatic rings. The van der Waals surface area contributed by atoms with E-state index in [2.05, 4.69) is 0 Å². The minimum Gasteiger partial charge on any atom is -0.400 e. The summed E-state index contributed by atoms with van der Waals surface area (Å²) in [5.74, 6) is 0. The van der Waals surface area contributed by atoms with Crippen LogP contribution < -0.4 is 0 Å². The normalized spacial score (nSPS) is 2.40. The van der Waals surface area contributed by atoms with Crippen molar-refractivity contribution < 1.29 is 10.2 Å². The van der Waals surface area contributed by atoms with Gasteiger partial charge in [-0.05, 0) is 0 Å². The first-order valence-electron chi connectivity index (χ1n) is 0.894. The Balaban J connectivity index is -0.0000000133. The summed E-state index contributed by atoms with van der Waals surface area (Å²) in [5, 5.41) is 14.0. The van der Waals surface area contributed by atoms with E-state index < -0.39 is 0 Å². The summed E-state index contributed by atoms with van der Waals surface area (Å²) in [6.07, 6.45) is 0. The molecular formula is C2H8NaO2. The van der Waals surface area contributed by atoms with Crippen molar-refractivity contribution >= 4 is 29.6 Å². The summed E-state index contributed by atoms with van der Waals surface area (Å²) < 4.78 is 0. The molecule has 0 bridgehead atoms. The van der Waals surface area contributed by atoms with Crippen LogP contribution in [0.15, 0.2) is 0 Å². The predicted molar refractivity (Wildman–Crippen MR) is 22.0 cm³/mol. The van der Waals surface area contributed by atoms with E-state index in [-0.39, 0.29) is 29.6 Å². The molecule has 2 nitrogen and oxygen atoms in total. The number of hydrogen-bond donors (Lipinski definition) is 2. The molecule has 0 saturated carbocycles. The van der Waals surface area contributed by atoms with E-state index in [1.807, 2.05) is 0 Å². The van der Waals surface area contributed by atoms with Gasteiger partial charge in [0.1, 0.15) is 0 Å². The van der Waals surface area contributed by atoms with Crippen LogP contribution >= 0.6 is 0 Å². The first-order chi connectivity index (χ1) is 2.00. The zero-order valence-corrected chi connectivity index (χ0v) is 5.89. The Hall–Kier alpha value is 0.920. The molecule has 0 rings (SSSR count). The third-order valence-corrected chi connectivity index (χ3v) is 0. The molecule has 0 fully saturated rings. The number of aliphatic hydroxyl groups excluding tert-OH is 2. The van der Waals surface area contributed by atoms with Crippen LogP contribution in [0, 0.1) is 0 Å². The Morgan fingerprint density at radius 1 is 0.800 bits per heavy atom. The van der Waals surface area contributed by atoms with Crippen molar-refractivity contribution in [1.82, 2.24) is 0 Å². The molecular weight excluding hydrogens is 79.0 g/mol. The van der Waals surface area contributed by atoms with Crippen LogP contribution in [0.3, 0.4) is 0 Å². The molecule has 0 heterocycles. The van der Waals surface area contributed by atoms with E-state index in [0.717, 1.165) is 14.2 Å². The van der Waals surface area contributed by atoms with E-state index in [1.54, 1.807) is 0 Å². The Morgan fingerprint density at radius 2 is 0.800 bits per heavy atom. The summed E-state index contributed by atoms with van der Waals surface area (Å²) in [6, 6.07) is 0. The molecule has 29 valence electrons. The van der Waals surface area contributed by atoms with Crippen molar-refractivity contribution in [2.45, 2.75) is 0 Å². The Kier molecular flexibility index (Phi) is 300. The summed E-state index contributed by atoms with van der Waals surface area (Å²) in [5.41, 5.74) is 0. The molecule has 0 aromatic heterocycles. The Bertz CT molecular complexity index is 7.61. The molecule has 2 N–H and O–H groups in total. The number of hydrogen-bond acceptors (Lipinski definition) is 2. The first-order valence-corrected chi connectivity index (χ1v) is 0.894. The second-order valence-electron chi connectivity index (χ2n) is 0. The van der Waals surface area contributed by atoms with Gasteiger partial charge >= 0.3 is 0 Å². The molecule has 1 radical (unpaired) electrons. The Morgan fingerprint density at radius 3 is 0.800 bits per heavy atom. The average Bonchev–Trinajstić information content (AvgIpc) is 1.50. The van der Waals surface area contributed by atoms with Gasteiger partial charge in [0, 0.05) is 43.8 Å². The molecule has 0 amide bonds. The van der Waals surface area contributed by atoms with Crippen LogP contribution in [-0.2, 0) is 0 Å². The molecule has 5 heavy (non-hydrogen) atoms. The number of aliphatic hydroxyl groups is 2. The smallest absolute Gasteiger partial charge is 0.0319 e. The maximum Gasteiger partial charge on any atom is 0.0319 e. The van der Waals surface area contributed by atoms with Crippen LogP contribution in [0.25, 0.3) is 0 Å². The Labute approximate surface area is 54.1 Å². The van der Waals surface area contributed by atoms with E-state index >= 15 is 0 Å². The fourth-order valence-electron chi connectivity index (χ4n) is 0. The summed E-state index contributed by atoms with van der Waals surface area (Å²) >= 11 is 0. The molecule has 0 unspecified atom stereocenters. The maximum absolute atomic E-state index is 7.00. The van der Waals surface area contributed by atoms with Gasteiger partial charge in [0.05, 0.1) is 0 Å². The number of rotatable bonds is 0. The third kappa shape index (κ3) is 49.6. The van der Waals surface area contributed by atoms with E-state index in [0.29, 0.717) is 0 Å². The van der Waals surface area contributed by atoms with E-state index in [1.165, 1.54) is 0 Å². The summed E-state index contributed by atoms with van der Waals surface area (Å²) in [6.45, 7) is 0. The van der Waals surface area contributed by atoms with Gasteiger partial charge in [-0.1, -0.05) is 0 Å². The molecule has 0 spiro atoms. The second-order valence-corrected chi connectivity index (χ2v) is 0. The van der Waals surface area contributed by atoms with Crippen LogP contribution in [-0.4, -0.2) is 54.0 Å². The largest absolute Gasteiger partial charge is 0.400 e. The molecule has 0 atom stereocenters. The van der Waals surface area contributed by atoms with Crippen molar-refractivity contribution in [3.8, 4) is 0 Å². The molecule has 0 aromatic carbocycles. The predicted octanol–water partition coefficient (Wildman–Crippen LogP) is -1.16. The minimum absolute atomic E-state index is 0. The van der Waals surface area contributed by atoms with Crippen LogP contribution in [0.4, 0.5) is 0 Å². The summed E-state index contributed by atoms with van der Waals surface area (Å²) in [7, 11) is 2.00. The minimum atomic E-state index is 0. The molecule has 0 aliphatic carbocycles. The van der Waals surface area contributed by atoms with Crippen LogP contribution in [0.5, 0.6) is 0 Å². The van der Waals surface area contributed by atoms with Gasteiger partial charge in [-0.15, -0.1) is 0 Å². The quantitative estimate of drug-likeness (QED) is 0.366. The van der Waals surface area contributed by atoms with Crippen molar-refractivity contribution in [2.24, 2.45) is 0 Å². The van der Waals surface area contributed by atoms with Crippen LogP contribution in [0.2, 0.25) is 0 Å². The SMILES string of the molecule is CO.CO.[Na]. The third-order valence-electron chi connectivity index (χ3n) is 0. The average molecular weight is 87.1 g/mol. The van der Waals surface area contributed by atoms with Gasteiger partial charge in [-0.25, -0.2) is 0 Å². The van der Waals surface area contributed by atoms with E-state index in [4.69, 9.17) is 10.2 Å². The van der Waals surface area contributed by atoms with Crippen molar-refractivity contribution in [2.75, 3.05) is 14.2 Å². The molecule has 0 aromatic rings. The summed E-state index contributed by atoms with van der Waals surface area (Å²) in [4.78, 5) is 0. The molecule has 3 heteroatoms. The van der Waals surface area contributed by atoms with Gasteiger partial charge < -0.3 is 10.2 Å². The van der Waals surface area contributed by atoms with Crippen molar-refractivity contribution in [3.05, 3.63) is 0 Å².